The van der Waals surface area contributed by atoms with Gasteiger partial charge in [-0.2, -0.15) is 0 Å². The van der Waals surface area contributed by atoms with Gasteiger partial charge in [0, 0.05) is 24.1 Å². The average Bonchev–Trinajstić information content (AvgIpc) is 2.88. The molecule has 0 bridgehead atoms. The van der Waals surface area contributed by atoms with Crippen LogP contribution in [0, 0.1) is 0 Å². The molecule has 0 saturated carbocycles. The predicted molar refractivity (Wildman–Crippen MR) is 65.5 cm³/mol. The standard InChI is InChI=1S/C10H17NO2S2/c1-13-10(12)11-4-2-3-8(11)7-9-14-5-6-15-9/h8-9H,2-7H2,1H3/t8-/m1/s1. The first-order chi connectivity index (χ1) is 7.31. The zero-order chi connectivity index (χ0) is 10.7. The highest BCUT2D eigenvalue weighted by atomic mass is 32.2. The second-order valence-corrected chi connectivity index (χ2v) is 6.79. The van der Waals surface area contributed by atoms with E-state index in [9.17, 15) is 4.79 Å². The lowest BCUT2D eigenvalue weighted by Crippen LogP contribution is -2.36. The summed E-state index contributed by atoms with van der Waals surface area (Å²) in [6, 6.07) is 0.417. The molecule has 0 aromatic heterocycles. The van der Waals surface area contributed by atoms with E-state index in [2.05, 4.69) is 0 Å². The predicted octanol–water partition coefficient (Wildman–Crippen LogP) is 2.41. The zero-order valence-electron chi connectivity index (χ0n) is 8.98. The monoisotopic (exact) mass is 247 g/mol. The molecule has 0 unspecified atom stereocenters. The lowest BCUT2D eigenvalue weighted by atomic mass is 10.2. The fourth-order valence-corrected chi connectivity index (χ4v) is 5.18. The number of hydrogen-bond donors (Lipinski definition) is 0. The highest BCUT2D eigenvalue weighted by Crippen LogP contribution is 2.37. The van der Waals surface area contributed by atoms with Crippen LogP contribution in [0.4, 0.5) is 4.79 Å². The van der Waals surface area contributed by atoms with Crippen LogP contribution in [0.2, 0.25) is 0 Å². The van der Waals surface area contributed by atoms with E-state index in [4.69, 9.17) is 4.74 Å². The van der Waals surface area contributed by atoms with Crippen molar-refractivity contribution in [2.75, 3.05) is 25.2 Å². The van der Waals surface area contributed by atoms with Gasteiger partial charge in [-0.25, -0.2) is 4.79 Å². The number of rotatable bonds is 2. The molecule has 3 nitrogen and oxygen atoms in total. The van der Waals surface area contributed by atoms with Crippen molar-refractivity contribution in [1.82, 2.24) is 4.90 Å². The van der Waals surface area contributed by atoms with Gasteiger partial charge in [-0.15, -0.1) is 23.5 Å². The van der Waals surface area contributed by atoms with Gasteiger partial charge in [-0.1, -0.05) is 0 Å². The van der Waals surface area contributed by atoms with E-state index in [1.54, 1.807) is 0 Å². The Bertz CT molecular complexity index is 231. The molecule has 1 atom stereocenters. The van der Waals surface area contributed by atoms with Crippen LogP contribution in [0.3, 0.4) is 0 Å². The second kappa shape index (κ2) is 5.34. The van der Waals surface area contributed by atoms with E-state index < -0.39 is 0 Å². The Hall–Kier alpha value is -0.0300. The largest absolute Gasteiger partial charge is 0.453 e. The third-order valence-corrected chi connectivity index (χ3v) is 6.02. The molecule has 2 rings (SSSR count). The molecule has 0 N–H and O–H groups in total. The lowest BCUT2D eigenvalue weighted by molar-refractivity contribution is 0.118. The van der Waals surface area contributed by atoms with Gasteiger partial charge in [0.2, 0.25) is 0 Å². The Labute approximate surface area is 99.3 Å². The molecule has 86 valence electrons. The summed E-state index contributed by atoms with van der Waals surface area (Å²) in [5.41, 5.74) is 0. The van der Waals surface area contributed by atoms with Crippen LogP contribution in [0.25, 0.3) is 0 Å². The topological polar surface area (TPSA) is 29.5 Å². The number of hydrogen-bond acceptors (Lipinski definition) is 4. The summed E-state index contributed by atoms with van der Waals surface area (Å²) in [4.78, 5) is 13.4. The van der Waals surface area contributed by atoms with E-state index in [-0.39, 0.29) is 6.09 Å². The molecule has 0 aromatic rings. The Morgan fingerprint density at radius 2 is 2.20 bits per heavy atom. The summed E-state index contributed by atoms with van der Waals surface area (Å²) in [6.07, 6.45) is 3.25. The van der Waals surface area contributed by atoms with Crippen LogP contribution in [-0.4, -0.2) is 46.8 Å². The van der Waals surface area contributed by atoms with E-state index in [0.717, 1.165) is 25.8 Å². The Morgan fingerprint density at radius 1 is 1.47 bits per heavy atom. The molecule has 15 heavy (non-hydrogen) atoms. The van der Waals surface area contributed by atoms with Gasteiger partial charge in [0.15, 0.2) is 0 Å². The Kier molecular flexibility index (Phi) is 4.08. The van der Waals surface area contributed by atoms with Gasteiger partial charge in [-0.3, -0.25) is 0 Å². The van der Waals surface area contributed by atoms with Crippen molar-refractivity contribution >= 4 is 29.6 Å². The molecule has 0 aliphatic carbocycles. The summed E-state index contributed by atoms with van der Waals surface area (Å²) < 4.78 is 5.50. The van der Waals surface area contributed by atoms with Crippen LogP contribution < -0.4 is 0 Å². The number of carbonyl (C=O) groups is 1. The number of methoxy groups -OCH3 is 1. The van der Waals surface area contributed by atoms with Crippen molar-refractivity contribution in [1.29, 1.82) is 0 Å². The minimum absolute atomic E-state index is 0.148. The lowest BCUT2D eigenvalue weighted by Gasteiger charge is -2.24. The quantitative estimate of drug-likeness (QED) is 0.749. The Balaban J connectivity index is 1.86. The van der Waals surface area contributed by atoms with Crippen molar-refractivity contribution in [2.24, 2.45) is 0 Å². The number of nitrogens with zero attached hydrogens (tertiary/aromatic N) is 1. The summed E-state index contributed by atoms with van der Waals surface area (Å²) in [5.74, 6) is 2.53. The summed E-state index contributed by atoms with van der Waals surface area (Å²) >= 11 is 4.07. The highest BCUT2D eigenvalue weighted by molar-refractivity contribution is 8.20. The first kappa shape index (κ1) is 11.5. The second-order valence-electron chi connectivity index (χ2n) is 3.87. The molecule has 2 aliphatic rings. The molecular weight excluding hydrogens is 230 g/mol. The van der Waals surface area contributed by atoms with Gasteiger partial charge in [0.05, 0.1) is 11.7 Å². The minimum Gasteiger partial charge on any atom is -0.453 e. The van der Waals surface area contributed by atoms with Crippen molar-refractivity contribution < 1.29 is 9.53 Å². The normalized spacial score (nSPS) is 27.3. The van der Waals surface area contributed by atoms with Crippen molar-refractivity contribution in [3.63, 3.8) is 0 Å². The molecule has 5 heteroatoms. The van der Waals surface area contributed by atoms with Gasteiger partial charge >= 0.3 is 6.09 Å². The van der Waals surface area contributed by atoms with Gasteiger partial charge in [0.1, 0.15) is 0 Å². The molecule has 2 heterocycles. The third-order valence-electron chi connectivity index (χ3n) is 2.94. The minimum atomic E-state index is -0.148. The maximum atomic E-state index is 11.5. The fraction of sp³-hybridized carbons (Fsp3) is 0.900. The fourth-order valence-electron chi connectivity index (χ4n) is 2.20. The first-order valence-electron chi connectivity index (χ1n) is 5.39. The number of thioether (sulfide) groups is 2. The third kappa shape index (κ3) is 2.75. The van der Waals surface area contributed by atoms with Crippen molar-refractivity contribution in [3.8, 4) is 0 Å². The average molecular weight is 247 g/mol. The van der Waals surface area contributed by atoms with Crippen LogP contribution in [0.1, 0.15) is 19.3 Å². The van der Waals surface area contributed by atoms with E-state index in [0.29, 0.717) is 10.6 Å². The summed E-state index contributed by atoms with van der Waals surface area (Å²) in [5, 5.41) is 0. The van der Waals surface area contributed by atoms with E-state index in [1.807, 2.05) is 28.4 Å². The molecule has 0 aromatic carbocycles. The van der Waals surface area contributed by atoms with Gasteiger partial charge in [-0.05, 0) is 19.3 Å². The highest BCUT2D eigenvalue weighted by Gasteiger charge is 2.32. The van der Waals surface area contributed by atoms with Crippen LogP contribution in [0.15, 0.2) is 0 Å². The van der Waals surface area contributed by atoms with E-state index >= 15 is 0 Å². The summed E-state index contributed by atoms with van der Waals surface area (Å²) in [6.45, 7) is 0.874. The maximum Gasteiger partial charge on any atom is 0.409 e. The zero-order valence-corrected chi connectivity index (χ0v) is 10.6. The van der Waals surface area contributed by atoms with Crippen molar-refractivity contribution in [3.05, 3.63) is 0 Å². The van der Waals surface area contributed by atoms with Crippen LogP contribution in [0.5, 0.6) is 0 Å². The molecule has 2 saturated heterocycles. The molecular formula is C10H17NO2S2. The number of carbonyl (C=O) groups excluding carboxylic acids is 1. The Morgan fingerprint density at radius 3 is 2.87 bits per heavy atom. The number of likely N-dealkylation sites (tertiary alicyclic amines) is 1. The molecule has 0 radical (unpaired) electrons. The molecule has 2 fully saturated rings. The molecule has 0 spiro atoms. The SMILES string of the molecule is COC(=O)N1CCC[C@@H]1CC1SCCS1. The summed E-state index contributed by atoms with van der Waals surface area (Å²) in [7, 11) is 1.47. The van der Waals surface area contributed by atoms with Crippen LogP contribution >= 0.6 is 23.5 Å². The van der Waals surface area contributed by atoms with Gasteiger partial charge < -0.3 is 9.64 Å². The number of amides is 1. The molecule has 2 aliphatic heterocycles. The molecule has 1 amide bonds. The van der Waals surface area contributed by atoms with Crippen LogP contribution in [-0.2, 0) is 4.74 Å². The van der Waals surface area contributed by atoms with Crippen molar-refractivity contribution in [2.45, 2.75) is 29.9 Å². The maximum absolute atomic E-state index is 11.5. The smallest absolute Gasteiger partial charge is 0.409 e. The van der Waals surface area contributed by atoms with Gasteiger partial charge in [0.25, 0.3) is 0 Å². The van der Waals surface area contributed by atoms with E-state index in [1.165, 1.54) is 18.6 Å². The first-order valence-corrected chi connectivity index (χ1v) is 7.49. The number of ether oxygens (including phenoxy) is 1.